The molecule has 2 fully saturated rings. The molecule has 154 valence electrons. The number of amides is 2. The third kappa shape index (κ3) is 3.72. The number of rotatable bonds is 5. The summed E-state index contributed by atoms with van der Waals surface area (Å²) >= 11 is 1.68. The maximum absolute atomic E-state index is 13.3. The quantitative estimate of drug-likeness (QED) is 0.627. The van der Waals surface area contributed by atoms with Crippen molar-refractivity contribution in [3.63, 3.8) is 0 Å². The number of likely N-dealkylation sites (tertiary alicyclic amines) is 2. The summed E-state index contributed by atoms with van der Waals surface area (Å²) in [4.78, 5) is 34.5. The highest BCUT2D eigenvalue weighted by Crippen LogP contribution is 2.38. The van der Waals surface area contributed by atoms with Crippen molar-refractivity contribution in [3.05, 3.63) is 65.2 Å². The molecule has 2 aliphatic heterocycles. The molecule has 5 rings (SSSR count). The minimum Gasteiger partial charge on any atom is -0.342 e. The number of nitrogens with zero attached hydrogens (tertiary/aromatic N) is 3. The van der Waals surface area contributed by atoms with Gasteiger partial charge in [0.1, 0.15) is 5.01 Å². The third-order valence-electron chi connectivity index (χ3n) is 6.21. The average Bonchev–Trinajstić information content (AvgIpc) is 3.50. The average molecular weight is 420 g/mol. The largest absolute Gasteiger partial charge is 0.342 e. The van der Waals surface area contributed by atoms with Crippen LogP contribution in [0.3, 0.4) is 0 Å². The Morgan fingerprint density at radius 2 is 1.90 bits per heavy atom. The van der Waals surface area contributed by atoms with E-state index in [0.717, 1.165) is 41.0 Å². The van der Waals surface area contributed by atoms with Crippen LogP contribution in [-0.4, -0.2) is 46.2 Å². The lowest BCUT2D eigenvalue weighted by molar-refractivity contribution is -0.136. The normalized spacial score (nSPS) is 21.7. The van der Waals surface area contributed by atoms with Gasteiger partial charge in [0.25, 0.3) is 0 Å². The van der Waals surface area contributed by atoms with Crippen molar-refractivity contribution < 1.29 is 9.59 Å². The minimum absolute atomic E-state index is 0.0448. The van der Waals surface area contributed by atoms with E-state index in [9.17, 15) is 9.59 Å². The molecule has 1 aromatic heterocycles. The molecule has 2 unspecified atom stereocenters. The molecule has 0 bridgehead atoms. The van der Waals surface area contributed by atoms with Crippen LogP contribution in [0.2, 0.25) is 0 Å². The van der Waals surface area contributed by atoms with Crippen LogP contribution in [0.15, 0.2) is 54.6 Å². The summed E-state index contributed by atoms with van der Waals surface area (Å²) in [5.41, 5.74) is 2.22. The molecule has 2 atom stereocenters. The van der Waals surface area contributed by atoms with Gasteiger partial charge in [0.2, 0.25) is 11.8 Å². The van der Waals surface area contributed by atoms with Crippen molar-refractivity contribution in [2.45, 2.75) is 31.7 Å². The fraction of sp³-hybridized carbons (Fsp3) is 0.375. The van der Waals surface area contributed by atoms with Crippen molar-refractivity contribution in [2.24, 2.45) is 5.92 Å². The van der Waals surface area contributed by atoms with E-state index in [-0.39, 0.29) is 23.8 Å². The van der Waals surface area contributed by atoms with Crippen molar-refractivity contribution >= 4 is 33.4 Å². The summed E-state index contributed by atoms with van der Waals surface area (Å²) in [6.45, 7) is 1.97. The van der Waals surface area contributed by atoms with Gasteiger partial charge >= 0.3 is 0 Å². The highest BCUT2D eigenvalue weighted by molar-refractivity contribution is 7.18. The highest BCUT2D eigenvalue weighted by Gasteiger charge is 2.40. The molecular formula is C24H25N3O2S. The predicted octanol–water partition coefficient (Wildman–Crippen LogP) is 4.05. The highest BCUT2D eigenvalue weighted by atomic mass is 32.1. The second kappa shape index (κ2) is 8.19. The molecule has 0 aliphatic carbocycles. The molecule has 2 aliphatic rings. The Labute approximate surface area is 180 Å². The van der Waals surface area contributed by atoms with Crippen LogP contribution in [0.25, 0.3) is 10.2 Å². The summed E-state index contributed by atoms with van der Waals surface area (Å²) in [6, 6.07) is 18.4. The van der Waals surface area contributed by atoms with Crippen LogP contribution < -0.4 is 0 Å². The van der Waals surface area contributed by atoms with Crippen LogP contribution in [-0.2, 0) is 16.0 Å². The number of para-hydroxylation sites is 1. The zero-order valence-electron chi connectivity index (χ0n) is 16.9. The Hall–Kier alpha value is -2.73. The fourth-order valence-corrected chi connectivity index (χ4v) is 5.73. The van der Waals surface area contributed by atoms with E-state index in [1.807, 2.05) is 46.2 Å². The summed E-state index contributed by atoms with van der Waals surface area (Å²) < 4.78 is 1.16. The van der Waals surface area contributed by atoms with E-state index < -0.39 is 0 Å². The molecular weight excluding hydrogens is 394 g/mol. The van der Waals surface area contributed by atoms with Gasteiger partial charge in [-0.3, -0.25) is 9.59 Å². The predicted molar refractivity (Wildman–Crippen MR) is 118 cm³/mol. The van der Waals surface area contributed by atoms with Gasteiger partial charge in [0.05, 0.1) is 22.2 Å². The zero-order valence-corrected chi connectivity index (χ0v) is 17.7. The monoisotopic (exact) mass is 419 g/mol. The second-order valence-electron chi connectivity index (χ2n) is 8.19. The van der Waals surface area contributed by atoms with Crippen molar-refractivity contribution in [1.29, 1.82) is 0 Å². The first-order valence-electron chi connectivity index (χ1n) is 10.7. The number of carbonyl (C=O) groups excluding carboxylic acids is 2. The maximum Gasteiger partial charge on any atom is 0.228 e. The molecule has 0 N–H and O–H groups in total. The Kier molecular flexibility index (Phi) is 5.25. The summed E-state index contributed by atoms with van der Waals surface area (Å²) in [6.07, 6.45) is 3.09. The number of carbonyl (C=O) groups is 2. The molecule has 0 saturated carbocycles. The Bertz CT molecular complexity index is 1030. The van der Waals surface area contributed by atoms with E-state index in [1.54, 1.807) is 11.3 Å². The smallest absolute Gasteiger partial charge is 0.228 e. The van der Waals surface area contributed by atoms with E-state index in [4.69, 9.17) is 4.98 Å². The van der Waals surface area contributed by atoms with Crippen molar-refractivity contribution in [1.82, 2.24) is 14.8 Å². The van der Waals surface area contributed by atoms with Crippen LogP contribution in [0.4, 0.5) is 0 Å². The molecule has 0 spiro atoms. The summed E-state index contributed by atoms with van der Waals surface area (Å²) in [7, 11) is 0. The lowest BCUT2D eigenvalue weighted by Crippen LogP contribution is -2.37. The van der Waals surface area contributed by atoms with Gasteiger partial charge in [0.15, 0.2) is 0 Å². The lowest BCUT2D eigenvalue weighted by Gasteiger charge is -2.26. The number of aromatic nitrogens is 1. The molecule has 2 aromatic carbocycles. The van der Waals surface area contributed by atoms with E-state index in [1.165, 1.54) is 5.56 Å². The van der Waals surface area contributed by atoms with E-state index >= 15 is 0 Å². The Morgan fingerprint density at radius 1 is 1.10 bits per heavy atom. The van der Waals surface area contributed by atoms with Gasteiger partial charge in [-0.2, -0.15) is 0 Å². The van der Waals surface area contributed by atoms with Crippen molar-refractivity contribution in [2.75, 3.05) is 19.6 Å². The van der Waals surface area contributed by atoms with Crippen molar-refractivity contribution in [3.8, 4) is 0 Å². The van der Waals surface area contributed by atoms with Crippen LogP contribution in [0.5, 0.6) is 0 Å². The van der Waals surface area contributed by atoms with E-state index in [2.05, 4.69) is 18.2 Å². The van der Waals surface area contributed by atoms with Gasteiger partial charge in [-0.05, 0) is 37.0 Å². The molecule has 2 amide bonds. The standard InChI is InChI=1S/C24H25N3O2S/c28-22-15-18(16-26(22)14-12-17-7-2-1-3-8-17)24(29)27-13-6-10-20(27)23-25-19-9-4-5-11-21(19)30-23/h1-5,7-9,11,18,20H,6,10,12-16H2. The number of hydrogen-bond donors (Lipinski definition) is 0. The van der Waals surface area contributed by atoms with Crippen LogP contribution >= 0.6 is 11.3 Å². The molecule has 6 heteroatoms. The lowest BCUT2D eigenvalue weighted by atomic mass is 10.1. The first-order chi connectivity index (χ1) is 14.7. The van der Waals surface area contributed by atoms with Gasteiger partial charge < -0.3 is 9.80 Å². The molecule has 5 nitrogen and oxygen atoms in total. The topological polar surface area (TPSA) is 53.5 Å². The maximum atomic E-state index is 13.3. The Morgan fingerprint density at radius 3 is 2.73 bits per heavy atom. The first kappa shape index (κ1) is 19.2. The van der Waals surface area contributed by atoms with Gasteiger partial charge in [0, 0.05) is 26.1 Å². The molecule has 0 radical (unpaired) electrons. The molecule has 30 heavy (non-hydrogen) atoms. The summed E-state index contributed by atoms with van der Waals surface area (Å²) in [5.74, 6) is -0.0180. The van der Waals surface area contributed by atoms with Crippen LogP contribution in [0.1, 0.15) is 35.9 Å². The molecule has 3 aromatic rings. The van der Waals surface area contributed by atoms with Crippen LogP contribution in [0, 0.1) is 5.92 Å². The second-order valence-corrected chi connectivity index (χ2v) is 9.25. The first-order valence-corrected chi connectivity index (χ1v) is 11.5. The van der Waals surface area contributed by atoms with Gasteiger partial charge in [-0.1, -0.05) is 42.5 Å². The molecule has 3 heterocycles. The minimum atomic E-state index is -0.233. The zero-order chi connectivity index (χ0) is 20.5. The SMILES string of the molecule is O=C1CC(C(=O)N2CCCC2c2nc3ccccc3s2)CN1CCc1ccccc1. The number of fused-ring (bicyclic) bond motifs is 1. The van der Waals surface area contributed by atoms with Gasteiger partial charge in [-0.25, -0.2) is 4.98 Å². The summed E-state index contributed by atoms with van der Waals surface area (Å²) in [5, 5.41) is 1.02. The van der Waals surface area contributed by atoms with Gasteiger partial charge in [-0.15, -0.1) is 11.3 Å². The Balaban J connectivity index is 1.26. The number of benzene rings is 2. The van der Waals surface area contributed by atoms with E-state index in [0.29, 0.717) is 19.5 Å². The third-order valence-corrected chi connectivity index (χ3v) is 7.35. The number of thiazole rings is 1. The number of hydrogen-bond acceptors (Lipinski definition) is 4. The fourth-order valence-electron chi connectivity index (χ4n) is 4.62. The molecule has 2 saturated heterocycles.